The molecule has 0 bridgehead atoms. The van der Waals surface area contributed by atoms with Crippen molar-refractivity contribution in [3.63, 3.8) is 0 Å². The van der Waals surface area contributed by atoms with Crippen molar-refractivity contribution < 1.29 is 9.53 Å². The van der Waals surface area contributed by atoms with Crippen molar-refractivity contribution in [3.05, 3.63) is 0 Å². The third-order valence-electron chi connectivity index (χ3n) is 5.53. The lowest BCUT2D eigenvalue weighted by atomic mass is 9.77. The number of ether oxygens (including phenoxy) is 1. The van der Waals surface area contributed by atoms with Crippen molar-refractivity contribution in [3.8, 4) is 0 Å². The molecule has 4 atom stereocenters. The lowest BCUT2D eigenvalue weighted by Gasteiger charge is -2.47. The highest BCUT2D eigenvalue weighted by Crippen LogP contribution is 2.35. The van der Waals surface area contributed by atoms with Crippen LogP contribution >= 0.6 is 0 Å². The fourth-order valence-corrected chi connectivity index (χ4v) is 4.28. The van der Waals surface area contributed by atoms with Gasteiger partial charge in [-0.15, -0.1) is 0 Å². The molecule has 0 amide bonds. The van der Waals surface area contributed by atoms with Crippen molar-refractivity contribution in [2.24, 2.45) is 5.92 Å². The van der Waals surface area contributed by atoms with Crippen LogP contribution in [0.1, 0.15) is 59.3 Å². The first-order valence-corrected chi connectivity index (χ1v) is 8.64. The van der Waals surface area contributed by atoms with E-state index in [1.807, 2.05) is 14.0 Å². The van der Waals surface area contributed by atoms with E-state index in [0.717, 1.165) is 25.2 Å². The molecule has 1 heterocycles. The van der Waals surface area contributed by atoms with Gasteiger partial charge >= 0.3 is 5.97 Å². The normalized spacial score (nSPS) is 38.2. The van der Waals surface area contributed by atoms with Gasteiger partial charge in [0.05, 0.1) is 6.61 Å². The van der Waals surface area contributed by atoms with Crippen LogP contribution in [0.2, 0.25) is 0 Å². The number of likely N-dealkylation sites (tertiary alicyclic amines) is 1. The van der Waals surface area contributed by atoms with Crippen LogP contribution < -0.4 is 5.32 Å². The summed E-state index contributed by atoms with van der Waals surface area (Å²) in [7, 11) is 1.90. The van der Waals surface area contributed by atoms with Gasteiger partial charge in [0.25, 0.3) is 0 Å². The zero-order chi connectivity index (χ0) is 15.5. The smallest absolute Gasteiger partial charge is 0.326 e. The van der Waals surface area contributed by atoms with Crippen molar-refractivity contribution in [1.82, 2.24) is 10.2 Å². The van der Waals surface area contributed by atoms with Crippen LogP contribution in [0.25, 0.3) is 0 Å². The maximum absolute atomic E-state index is 12.4. The molecule has 0 spiro atoms. The second-order valence-corrected chi connectivity index (χ2v) is 7.02. The maximum atomic E-state index is 12.4. The zero-order valence-electron chi connectivity index (χ0n) is 14.2. The largest absolute Gasteiger partial charge is 0.465 e. The first-order chi connectivity index (χ1) is 10.0. The van der Waals surface area contributed by atoms with Gasteiger partial charge in [-0.3, -0.25) is 9.69 Å². The Labute approximate surface area is 129 Å². The van der Waals surface area contributed by atoms with Crippen LogP contribution in [0.3, 0.4) is 0 Å². The Balaban J connectivity index is 2.07. The molecule has 0 aromatic heterocycles. The molecular weight excluding hydrogens is 264 g/mol. The molecule has 4 nitrogen and oxygen atoms in total. The predicted molar refractivity (Wildman–Crippen MR) is 85.2 cm³/mol. The minimum absolute atomic E-state index is 0.0600. The Kier molecular flexibility index (Phi) is 5.67. The van der Waals surface area contributed by atoms with Gasteiger partial charge in [0.15, 0.2) is 0 Å². The molecule has 4 heteroatoms. The molecule has 1 saturated heterocycles. The summed E-state index contributed by atoms with van der Waals surface area (Å²) in [5, 5.41) is 3.29. The van der Waals surface area contributed by atoms with E-state index in [1.54, 1.807) is 0 Å². The van der Waals surface area contributed by atoms with Crippen LogP contribution in [0.5, 0.6) is 0 Å². The van der Waals surface area contributed by atoms with Crippen LogP contribution in [0, 0.1) is 5.92 Å². The highest BCUT2D eigenvalue weighted by atomic mass is 16.5. The molecule has 1 aliphatic heterocycles. The Morgan fingerprint density at radius 2 is 2.14 bits per heavy atom. The van der Waals surface area contributed by atoms with E-state index >= 15 is 0 Å². The Bertz CT molecular complexity index is 361. The third-order valence-corrected chi connectivity index (χ3v) is 5.53. The highest BCUT2D eigenvalue weighted by molar-refractivity contribution is 5.81. The van der Waals surface area contributed by atoms with Gasteiger partial charge in [-0.2, -0.15) is 0 Å². The average Bonchev–Trinajstić information content (AvgIpc) is 2.47. The first-order valence-electron chi connectivity index (χ1n) is 8.64. The minimum Gasteiger partial charge on any atom is -0.465 e. The monoisotopic (exact) mass is 296 g/mol. The summed E-state index contributed by atoms with van der Waals surface area (Å²) in [6, 6.07) is 1.15. The Morgan fingerprint density at radius 3 is 2.76 bits per heavy atom. The summed E-state index contributed by atoms with van der Waals surface area (Å²) in [5.74, 6) is 0.772. The van der Waals surface area contributed by atoms with Crippen molar-refractivity contribution >= 4 is 5.97 Å². The Hall–Kier alpha value is -0.610. The number of carbonyl (C=O) groups excluding carboxylic acids is 1. The molecule has 4 unspecified atom stereocenters. The van der Waals surface area contributed by atoms with E-state index < -0.39 is 5.54 Å². The highest BCUT2D eigenvalue weighted by Gasteiger charge is 2.45. The standard InChI is InChI=1S/C17H32N2O2/c1-5-21-16(20)17(18-4)9-6-7-15(12-17)19-10-8-13(2)11-14(19)3/h13-15,18H,5-12H2,1-4H3. The molecule has 122 valence electrons. The fourth-order valence-electron chi connectivity index (χ4n) is 4.28. The predicted octanol–water partition coefficient (Wildman–Crippen LogP) is 2.57. The lowest BCUT2D eigenvalue weighted by Crippen LogP contribution is -2.59. The molecule has 2 aliphatic rings. The number of hydrogen-bond acceptors (Lipinski definition) is 4. The fraction of sp³-hybridized carbons (Fsp3) is 0.941. The van der Waals surface area contributed by atoms with E-state index in [-0.39, 0.29) is 5.97 Å². The van der Waals surface area contributed by atoms with Crippen LogP contribution in [0.4, 0.5) is 0 Å². The summed E-state index contributed by atoms with van der Waals surface area (Å²) in [5.41, 5.74) is -0.471. The number of likely N-dealkylation sites (N-methyl/N-ethyl adjacent to an activating group) is 1. The number of piperidine rings is 1. The van der Waals surface area contributed by atoms with Crippen LogP contribution in [0.15, 0.2) is 0 Å². The topological polar surface area (TPSA) is 41.6 Å². The SMILES string of the molecule is CCOC(=O)C1(NC)CCCC(N2CCC(C)CC2C)C1. The van der Waals surface area contributed by atoms with Crippen molar-refractivity contribution in [1.29, 1.82) is 0 Å². The molecule has 1 aliphatic carbocycles. The summed E-state index contributed by atoms with van der Waals surface area (Å²) >= 11 is 0. The zero-order valence-corrected chi connectivity index (χ0v) is 14.2. The van der Waals surface area contributed by atoms with Crippen molar-refractivity contribution in [2.45, 2.75) is 76.9 Å². The summed E-state index contributed by atoms with van der Waals surface area (Å²) in [6.45, 7) is 8.22. The maximum Gasteiger partial charge on any atom is 0.326 e. The number of rotatable bonds is 4. The number of esters is 1. The summed E-state index contributed by atoms with van der Waals surface area (Å²) < 4.78 is 5.34. The number of nitrogens with zero attached hydrogens (tertiary/aromatic N) is 1. The van der Waals surface area contributed by atoms with Gasteiger partial charge in [0, 0.05) is 12.1 Å². The molecule has 1 saturated carbocycles. The number of nitrogens with one attached hydrogen (secondary N) is 1. The first kappa shape index (κ1) is 16.8. The minimum atomic E-state index is -0.471. The van der Waals surface area contributed by atoms with E-state index in [4.69, 9.17) is 4.74 Å². The number of carbonyl (C=O) groups is 1. The molecule has 2 rings (SSSR count). The van der Waals surface area contributed by atoms with Crippen LogP contribution in [-0.2, 0) is 9.53 Å². The van der Waals surface area contributed by atoms with Crippen LogP contribution in [-0.4, -0.2) is 48.7 Å². The van der Waals surface area contributed by atoms with Gasteiger partial charge < -0.3 is 10.1 Å². The van der Waals surface area contributed by atoms with E-state index in [2.05, 4.69) is 24.1 Å². The van der Waals surface area contributed by atoms with Gasteiger partial charge in [0.1, 0.15) is 5.54 Å². The summed E-state index contributed by atoms with van der Waals surface area (Å²) in [4.78, 5) is 15.1. The van der Waals surface area contributed by atoms with E-state index in [0.29, 0.717) is 18.7 Å². The molecular formula is C17H32N2O2. The molecule has 0 aromatic rings. The molecule has 21 heavy (non-hydrogen) atoms. The number of hydrogen-bond donors (Lipinski definition) is 1. The quantitative estimate of drug-likeness (QED) is 0.810. The molecule has 2 fully saturated rings. The van der Waals surface area contributed by atoms with Gasteiger partial charge in [-0.25, -0.2) is 0 Å². The van der Waals surface area contributed by atoms with E-state index in [1.165, 1.54) is 25.8 Å². The van der Waals surface area contributed by atoms with Gasteiger partial charge in [0.2, 0.25) is 0 Å². The Morgan fingerprint density at radius 1 is 1.38 bits per heavy atom. The molecule has 1 N–H and O–H groups in total. The average molecular weight is 296 g/mol. The second kappa shape index (κ2) is 7.10. The summed E-state index contributed by atoms with van der Waals surface area (Å²) in [6.07, 6.45) is 6.67. The van der Waals surface area contributed by atoms with Crippen molar-refractivity contribution in [2.75, 3.05) is 20.2 Å². The molecule has 0 radical (unpaired) electrons. The molecule has 0 aromatic carbocycles. The third kappa shape index (κ3) is 3.59. The van der Waals surface area contributed by atoms with Gasteiger partial charge in [-0.1, -0.05) is 6.92 Å². The second-order valence-electron chi connectivity index (χ2n) is 7.02. The van der Waals surface area contributed by atoms with E-state index in [9.17, 15) is 4.79 Å². The lowest BCUT2D eigenvalue weighted by molar-refractivity contribution is -0.154. The van der Waals surface area contributed by atoms with Gasteiger partial charge in [-0.05, 0) is 71.9 Å².